The molecule has 0 aliphatic rings. The van der Waals surface area contributed by atoms with Gasteiger partial charge in [0.25, 0.3) is 0 Å². The number of unbranched alkanes of at least 4 members (excludes halogenated alkanes) is 2. The number of esters is 3. The van der Waals surface area contributed by atoms with Gasteiger partial charge in [0.05, 0.1) is 0 Å². The molecule has 39 heavy (non-hydrogen) atoms. The summed E-state index contributed by atoms with van der Waals surface area (Å²) in [5.41, 5.74) is 6.81. The molecule has 0 rings (SSSR count). The standard InChI is InChI=1S/C28H57N5O6/c1-25(2,3)37-22(34)21(20-33-19-18-32-16-12-10-11-15-31-17-13-14-29)28(30,23(35)38-26(4,5)6)24(36)39-27(7,8)9/h21,31-33H,10-20,29-30H2,1-9H3. The fraction of sp³-hybridized carbons (Fsp3) is 0.893. The summed E-state index contributed by atoms with van der Waals surface area (Å²) in [6.07, 6.45) is 4.25. The van der Waals surface area contributed by atoms with Crippen molar-refractivity contribution in [1.29, 1.82) is 0 Å². The van der Waals surface area contributed by atoms with Crippen molar-refractivity contribution < 1.29 is 28.6 Å². The molecule has 0 aliphatic carbocycles. The zero-order valence-electron chi connectivity index (χ0n) is 26.0. The summed E-state index contributed by atoms with van der Waals surface area (Å²) >= 11 is 0. The fourth-order valence-electron chi connectivity index (χ4n) is 3.47. The maximum atomic E-state index is 13.3. The van der Waals surface area contributed by atoms with Crippen LogP contribution in [0, 0.1) is 5.92 Å². The smallest absolute Gasteiger partial charge is 0.339 e. The van der Waals surface area contributed by atoms with Crippen LogP contribution in [0.5, 0.6) is 0 Å². The lowest BCUT2D eigenvalue weighted by molar-refractivity contribution is -0.187. The molecule has 0 bridgehead atoms. The number of rotatable bonds is 18. The highest BCUT2D eigenvalue weighted by molar-refractivity contribution is 6.08. The Kier molecular flexibility index (Phi) is 16.3. The number of ether oxygens (including phenoxy) is 3. The van der Waals surface area contributed by atoms with E-state index in [4.69, 9.17) is 25.7 Å². The molecule has 11 heteroatoms. The molecule has 230 valence electrons. The highest BCUT2D eigenvalue weighted by Crippen LogP contribution is 2.27. The predicted molar refractivity (Wildman–Crippen MR) is 154 cm³/mol. The van der Waals surface area contributed by atoms with Crippen LogP contribution in [0.2, 0.25) is 0 Å². The molecule has 1 unspecified atom stereocenters. The molecule has 0 saturated heterocycles. The summed E-state index contributed by atoms with van der Waals surface area (Å²) < 4.78 is 16.6. The first-order valence-electron chi connectivity index (χ1n) is 14.1. The largest absolute Gasteiger partial charge is 0.460 e. The molecular formula is C28H57N5O6. The van der Waals surface area contributed by atoms with Crippen molar-refractivity contribution in [1.82, 2.24) is 16.0 Å². The minimum Gasteiger partial charge on any atom is -0.460 e. The molecule has 7 N–H and O–H groups in total. The molecule has 0 spiro atoms. The van der Waals surface area contributed by atoms with Gasteiger partial charge in [-0.1, -0.05) is 6.42 Å². The second-order valence-corrected chi connectivity index (χ2v) is 12.9. The van der Waals surface area contributed by atoms with Crippen LogP contribution in [0.15, 0.2) is 0 Å². The van der Waals surface area contributed by atoms with E-state index in [2.05, 4.69) is 16.0 Å². The van der Waals surface area contributed by atoms with E-state index in [0.717, 1.165) is 45.3 Å². The van der Waals surface area contributed by atoms with Gasteiger partial charge in [-0.05, 0) is 108 Å². The highest BCUT2D eigenvalue weighted by atomic mass is 16.6. The quantitative estimate of drug-likeness (QED) is 0.0716. The molecule has 0 fully saturated rings. The van der Waals surface area contributed by atoms with E-state index in [0.29, 0.717) is 19.6 Å². The van der Waals surface area contributed by atoms with Crippen molar-refractivity contribution in [3.05, 3.63) is 0 Å². The second-order valence-electron chi connectivity index (χ2n) is 12.9. The normalized spacial score (nSPS) is 13.6. The van der Waals surface area contributed by atoms with E-state index in [9.17, 15) is 14.4 Å². The van der Waals surface area contributed by atoms with Crippen molar-refractivity contribution >= 4 is 17.9 Å². The number of nitrogens with one attached hydrogen (secondary N) is 3. The van der Waals surface area contributed by atoms with E-state index < -0.39 is 46.2 Å². The van der Waals surface area contributed by atoms with Gasteiger partial charge in [-0.15, -0.1) is 0 Å². The highest BCUT2D eigenvalue weighted by Gasteiger charge is 2.57. The third-order valence-corrected chi connectivity index (χ3v) is 5.31. The molecule has 0 aromatic rings. The average Bonchev–Trinajstić information content (AvgIpc) is 2.75. The summed E-state index contributed by atoms with van der Waals surface area (Å²) in [6.45, 7) is 19.6. The number of carbonyl (C=O) groups is 3. The molecule has 1 atom stereocenters. The average molecular weight is 560 g/mol. The summed E-state index contributed by atoms with van der Waals surface area (Å²) in [7, 11) is 0. The first kappa shape index (κ1) is 37.2. The maximum Gasteiger partial charge on any atom is 0.339 e. The Hall–Kier alpha value is -1.79. The molecule has 0 aliphatic heterocycles. The van der Waals surface area contributed by atoms with Gasteiger partial charge in [0, 0.05) is 19.6 Å². The van der Waals surface area contributed by atoms with E-state index in [1.165, 1.54) is 0 Å². The van der Waals surface area contributed by atoms with Crippen LogP contribution < -0.4 is 27.4 Å². The van der Waals surface area contributed by atoms with Crippen LogP contribution in [0.1, 0.15) is 88.0 Å². The Morgan fingerprint density at radius 2 is 1.03 bits per heavy atom. The van der Waals surface area contributed by atoms with Crippen LogP contribution in [-0.2, 0) is 28.6 Å². The van der Waals surface area contributed by atoms with E-state index in [1.54, 1.807) is 62.3 Å². The lowest BCUT2D eigenvalue weighted by Gasteiger charge is -2.37. The number of hydrogen-bond acceptors (Lipinski definition) is 11. The number of hydrogen-bond donors (Lipinski definition) is 5. The van der Waals surface area contributed by atoms with Gasteiger partial charge in [-0.2, -0.15) is 0 Å². The van der Waals surface area contributed by atoms with Crippen molar-refractivity contribution in [2.24, 2.45) is 17.4 Å². The van der Waals surface area contributed by atoms with Crippen LogP contribution in [0.4, 0.5) is 0 Å². The summed E-state index contributed by atoms with van der Waals surface area (Å²) in [5.74, 6) is -4.26. The van der Waals surface area contributed by atoms with Gasteiger partial charge in [0.2, 0.25) is 5.54 Å². The first-order valence-corrected chi connectivity index (χ1v) is 14.1. The van der Waals surface area contributed by atoms with Gasteiger partial charge in [-0.25, -0.2) is 9.59 Å². The van der Waals surface area contributed by atoms with Crippen molar-refractivity contribution in [3.63, 3.8) is 0 Å². The molecule has 0 heterocycles. The molecular weight excluding hydrogens is 502 g/mol. The maximum absolute atomic E-state index is 13.3. The number of nitrogens with two attached hydrogens (primary N) is 2. The Morgan fingerprint density at radius 3 is 1.46 bits per heavy atom. The summed E-state index contributed by atoms with van der Waals surface area (Å²) in [6, 6.07) is 0. The van der Waals surface area contributed by atoms with Gasteiger partial charge >= 0.3 is 17.9 Å². The molecule has 0 amide bonds. The third-order valence-electron chi connectivity index (χ3n) is 5.31. The monoisotopic (exact) mass is 559 g/mol. The van der Waals surface area contributed by atoms with Crippen LogP contribution in [0.3, 0.4) is 0 Å². The number of carbonyl (C=O) groups excluding carboxylic acids is 3. The summed E-state index contributed by atoms with van der Waals surface area (Å²) in [5, 5.41) is 9.87. The Labute approximate surface area is 236 Å². The van der Waals surface area contributed by atoms with Crippen LogP contribution >= 0.6 is 0 Å². The van der Waals surface area contributed by atoms with Gasteiger partial charge < -0.3 is 41.6 Å². The first-order chi connectivity index (χ1) is 17.8. The molecule has 0 aromatic heterocycles. The zero-order valence-corrected chi connectivity index (χ0v) is 26.0. The van der Waals surface area contributed by atoms with E-state index >= 15 is 0 Å². The van der Waals surface area contributed by atoms with Gasteiger partial charge in [0.15, 0.2) is 0 Å². The fourth-order valence-corrected chi connectivity index (χ4v) is 3.47. The lowest BCUT2D eigenvalue weighted by Crippen LogP contribution is -2.67. The third kappa shape index (κ3) is 16.8. The Morgan fingerprint density at radius 1 is 0.615 bits per heavy atom. The Balaban J connectivity index is 5.31. The summed E-state index contributed by atoms with van der Waals surface area (Å²) in [4.78, 5) is 40.0. The molecule has 0 saturated carbocycles. The molecule has 11 nitrogen and oxygen atoms in total. The molecule has 0 aromatic carbocycles. The van der Waals surface area contributed by atoms with Crippen LogP contribution in [0.25, 0.3) is 0 Å². The van der Waals surface area contributed by atoms with E-state index in [1.807, 2.05) is 0 Å². The topological polar surface area (TPSA) is 167 Å². The van der Waals surface area contributed by atoms with Gasteiger partial charge in [-0.3, -0.25) is 4.79 Å². The second kappa shape index (κ2) is 17.1. The predicted octanol–water partition coefficient (Wildman–Crippen LogP) is 1.61. The molecule has 0 radical (unpaired) electrons. The van der Waals surface area contributed by atoms with Crippen molar-refractivity contribution in [2.45, 2.75) is 110 Å². The minimum atomic E-state index is -2.42. The van der Waals surface area contributed by atoms with Crippen LogP contribution in [-0.4, -0.2) is 86.1 Å². The van der Waals surface area contributed by atoms with E-state index in [-0.39, 0.29) is 6.54 Å². The SMILES string of the molecule is CC(C)(C)OC(=O)C(CNCCNCCCCCNCCCN)C(N)(C(=O)OC(C)(C)C)C(=O)OC(C)(C)C. The zero-order chi connectivity index (χ0) is 30.3. The van der Waals surface area contributed by atoms with Gasteiger partial charge in [0.1, 0.15) is 22.7 Å². The lowest BCUT2D eigenvalue weighted by atomic mass is 9.83. The van der Waals surface area contributed by atoms with Crippen molar-refractivity contribution in [3.8, 4) is 0 Å². The van der Waals surface area contributed by atoms with Crippen molar-refractivity contribution in [2.75, 3.05) is 45.8 Å². The Bertz CT molecular complexity index is 712. The minimum absolute atomic E-state index is 0.0833.